The molecule has 0 spiro atoms. The molecule has 0 aliphatic carbocycles. The van der Waals surface area contributed by atoms with Crippen molar-refractivity contribution >= 4 is 18.3 Å². The summed E-state index contributed by atoms with van der Waals surface area (Å²) in [6.07, 6.45) is 1.09. The van der Waals surface area contributed by atoms with Crippen molar-refractivity contribution in [3.63, 3.8) is 0 Å². The third-order valence-corrected chi connectivity index (χ3v) is 4.42. The third kappa shape index (κ3) is 5.39. The summed E-state index contributed by atoms with van der Waals surface area (Å²) in [5.41, 5.74) is 12.2. The molecule has 1 fully saturated rings. The Bertz CT molecular complexity index is 574. The van der Waals surface area contributed by atoms with Gasteiger partial charge in [0.15, 0.2) is 18.1 Å². The van der Waals surface area contributed by atoms with E-state index in [1.165, 1.54) is 0 Å². The number of nitrogens with two attached hydrogens (primary N) is 2. The van der Waals surface area contributed by atoms with Gasteiger partial charge in [0.2, 0.25) is 5.75 Å². The average Bonchev–Trinajstić information content (AvgIpc) is 2.94. The van der Waals surface area contributed by atoms with Crippen molar-refractivity contribution in [2.24, 2.45) is 16.9 Å². The second-order valence-corrected chi connectivity index (χ2v) is 6.56. The summed E-state index contributed by atoms with van der Waals surface area (Å²) < 4.78 is 16.2. The quantitative estimate of drug-likeness (QED) is 0.709. The minimum Gasteiger partial charge on any atom is -0.493 e. The molecule has 0 saturated carbocycles. The predicted molar refractivity (Wildman–Crippen MR) is 98.5 cm³/mol. The summed E-state index contributed by atoms with van der Waals surface area (Å²) in [6, 6.07) is 3.80. The van der Waals surface area contributed by atoms with Gasteiger partial charge in [0.1, 0.15) is 0 Å². The zero-order chi connectivity index (χ0) is 17.7. The molecule has 1 aliphatic rings. The summed E-state index contributed by atoms with van der Waals surface area (Å²) >= 11 is 0. The van der Waals surface area contributed by atoms with Gasteiger partial charge < -0.3 is 25.7 Å². The van der Waals surface area contributed by atoms with Gasteiger partial charge in [-0.3, -0.25) is 9.69 Å². The van der Waals surface area contributed by atoms with Crippen LogP contribution < -0.4 is 25.7 Å². The molecule has 1 amide bonds. The first-order valence-corrected chi connectivity index (χ1v) is 7.99. The van der Waals surface area contributed by atoms with Crippen LogP contribution in [0.4, 0.5) is 0 Å². The third-order valence-electron chi connectivity index (χ3n) is 4.42. The van der Waals surface area contributed by atoms with Crippen LogP contribution in [0.5, 0.6) is 17.2 Å². The van der Waals surface area contributed by atoms with Crippen molar-refractivity contribution in [3.8, 4) is 17.2 Å². The first-order chi connectivity index (χ1) is 11.4. The van der Waals surface area contributed by atoms with Crippen molar-refractivity contribution in [1.29, 1.82) is 0 Å². The van der Waals surface area contributed by atoms with E-state index in [1.54, 1.807) is 14.2 Å². The van der Waals surface area contributed by atoms with E-state index in [1.807, 2.05) is 12.1 Å². The van der Waals surface area contributed by atoms with E-state index in [0.29, 0.717) is 23.8 Å². The Kier molecular flexibility index (Phi) is 7.79. The van der Waals surface area contributed by atoms with Crippen molar-refractivity contribution in [2.45, 2.75) is 19.9 Å². The number of likely N-dealkylation sites (tertiary alicyclic amines) is 1. The SMILES string of the molecule is COc1cc(CN2CCC(C)(CN)C2)cc(OC)c1OCC(N)=O.Cl. The number of methoxy groups -OCH3 is 2. The molecule has 25 heavy (non-hydrogen) atoms. The van der Waals surface area contributed by atoms with Crippen LogP contribution in [-0.4, -0.2) is 51.3 Å². The Morgan fingerprint density at radius 3 is 2.32 bits per heavy atom. The van der Waals surface area contributed by atoms with Gasteiger partial charge in [-0.05, 0) is 42.6 Å². The molecule has 1 aliphatic heterocycles. The fourth-order valence-electron chi connectivity index (χ4n) is 3.00. The predicted octanol–water partition coefficient (Wildman–Crippen LogP) is 1.16. The number of ether oxygens (including phenoxy) is 3. The number of carbonyl (C=O) groups is 1. The van der Waals surface area contributed by atoms with E-state index in [2.05, 4.69) is 11.8 Å². The van der Waals surface area contributed by atoms with Crippen LogP contribution in [-0.2, 0) is 11.3 Å². The Hall–Kier alpha value is -1.70. The molecule has 1 heterocycles. The second kappa shape index (κ2) is 9.12. The minimum atomic E-state index is -0.554. The first kappa shape index (κ1) is 21.3. The van der Waals surface area contributed by atoms with E-state index in [-0.39, 0.29) is 24.4 Å². The van der Waals surface area contributed by atoms with Gasteiger partial charge in [-0.25, -0.2) is 0 Å². The number of primary amides is 1. The number of hydrogen-bond acceptors (Lipinski definition) is 6. The molecule has 1 aromatic carbocycles. The van der Waals surface area contributed by atoms with E-state index < -0.39 is 5.91 Å². The molecule has 1 aromatic rings. The Morgan fingerprint density at radius 2 is 1.88 bits per heavy atom. The number of rotatable bonds is 8. The van der Waals surface area contributed by atoms with Gasteiger partial charge in [0.25, 0.3) is 5.91 Å². The maximum Gasteiger partial charge on any atom is 0.255 e. The summed E-state index contributed by atoms with van der Waals surface area (Å²) in [5, 5.41) is 0. The van der Waals surface area contributed by atoms with Crippen LogP contribution >= 0.6 is 12.4 Å². The molecule has 1 saturated heterocycles. The van der Waals surface area contributed by atoms with Gasteiger partial charge in [-0.15, -0.1) is 12.4 Å². The molecule has 4 N–H and O–H groups in total. The molecule has 0 radical (unpaired) electrons. The van der Waals surface area contributed by atoms with Gasteiger partial charge in [-0.2, -0.15) is 0 Å². The second-order valence-electron chi connectivity index (χ2n) is 6.56. The fraction of sp³-hybridized carbons (Fsp3) is 0.588. The summed E-state index contributed by atoms with van der Waals surface area (Å²) in [7, 11) is 3.11. The van der Waals surface area contributed by atoms with E-state index in [0.717, 1.165) is 31.6 Å². The molecule has 2 rings (SSSR count). The van der Waals surface area contributed by atoms with E-state index >= 15 is 0 Å². The summed E-state index contributed by atoms with van der Waals surface area (Å²) in [6.45, 7) is 5.43. The van der Waals surface area contributed by atoms with Gasteiger partial charge >= 0.3 is 0 Å². The zero-order valence-corrected chi connectivity index (χ0v) is 15.9. The van der Waals surface area contributed by atoms with Crippen molar-refractivity contribution in [3.05, 3.63) is 17.7 Å². The van der Waals surface area contributed by atoms with Gasteiger partial charge in [0.05, 0.1) is 14.2 Å². The lowest BCUT2D eigenvalue weighted by atomic mass is 9.90. The highest BCUT2D eigenvalue weighted by Crippen LogP contribution is 2.39. The topological polar surface area (TPSA) is 100 Å². The maximum absolute atomic E-state index is 11.0. The smallest absolute Gasteiger partial charge is 0.255 e. The van der Waals surface area contributed by atoms with Crippen molar-refractivity contribution in [1.82, 2.24) is 4.90 Å². The number of halogens is 1. The lowest BCUT2D eigenvalue weighted by Gasteiger charge is -2.23. The molecular weight excluding hydrogens is 346 g/mol. The Labute approximate surface area is 155 Å². The molecule has 7 nitrogen and oxygen atoms in total. The lowest BCUT2D eigenvalue weighted by molar-refractivity contribution is -0.119. The first-order valence-electron chi connectivity index (χ1n) is 7.99. The van der Waals surface area contributed by atoms with E-state index in [4.69, 9.17) is 25.7 Å². The number of hydrogen-bond donors (Lipinski definition) is 2. The molecule has 0 bridgehead atoms. The summed E-state index contributed by atoms with van der Waals surface area (Å²) in [5.74, 6) is 0.870. The normalized spacial score (nSPS) is 20.0. The average molecular weight is 374 g/mol. The molecule has 1 atom stereocenters. The highest BCUT2D eigenvalue weighted by molar-refractivity contribution is 5.85. The number of carbonyl (C=O) groups excluding carboxylic acids is 1. The van der Waals surface area contributed by atoms with Crippen LogP contribution in [0.3, 0.4) is 0 Å². The highest BCUT2D eigenvalue weighted by Gasteiger charge is 2.32. The van der Waals surface area contributed by atoms with Gasteiger partial charge in [-0.1, -0.05) is 6.92 Å². The largest absolute Gasteiger partial charge is 0.493 e. The van der Waals surface area contributed by atoms with Crippen LogP contribution in [0.15, 0.2) is 12.1 Å². The number of amides is 1. The summed E-state index contributed by atoms with van der Waals surface area (Å²) in [4.78, 5) is 13.3. The number of benzene rings is 1. The van der Waals surface area contributed by atoms with Crippen LogP contribution in [0.2, 0.25) is 0 Å². The lowest BCUT2D eigenvalue weighted by Crippen LogP contribution is -2.31. The van der Waals surface area contributed by atoms with Crippen LogP contribution in [0, 0.1) is 5.41 Å². The zero-order valence-electron chi connectivity index (χ0n) is 15.0. The van der Waals surface area contributed by atoms with Crippen LogP contribution in [0.1, 0.15) is 18.9 Å². The number of nitrogens with zero attached hydrogens (tertiary/aromatic N) is 1. The monoisotopic (exact) mass is 373 g/mol. The van der Waals surface area contributed by atoms with Crippen LogP contribution in [0.25, 0.3) is 0 Å². The molecule has 142 valence electrons. The molecule has 1 unspecified atom stereocenters. The Morgan fingerprint density at radius 1 is 1.28 bits per heavy atom. The Balaban J connectivity index is 0.00000312. The maximum atomic E-state index is 11.0. The fourth-order valence-corrected chi connectivity index (χ4v) is 3.00. The van der Waals surface area contributed by atoms with Gasteiger partial charge in [0, 0.05) is 13.1 Å². The molecule has 8 heteroatoms. The van der Waals surface area contributed by atoms with Crippen molar-refractivity contribution < 1.29 is 19.0 Å². The minimum absolute atomic E-state index is 0. The standard InChI is InChI=1S/C17H27N3O4.ClH/c1-17(10-18)4-5-20(11-17)8-12-6-13(22-2)16(14(7-12)23-3)24-9-15(19)21;/h6-7H,4-5,8-11,18H2,1-3H3,(H2,19,21);1H. The molecule has 0 aromatic heterocycles. The molecular formula is C17H28ClN3O4. The highest BCUT2D eigenvalue weighted by atomic mass is 35.5. The van der Waals surface area contributed by atoms with E-state index in [9.17, 15) is 4.79 Å². The van der Waals surface area contributed by atoms with Crippen molar-refractivity contribution in [2.75, 3.05) is 40.5 Å².